The van der Waals surface area contributed by atoms with Gasteiger partial charge in [0.15, 0.2) is 0 Å². The molecule has 0 aliphatic carbocycles. The number of carbonyl (C=O) groups excluding carboxylic acids is 1. The van der Waals surface area contributed by atoms with Crippen LogP contribution in [0.25, 0.3) is 10.9 Å². The second-order valence-electron chi connectivity index (χ2n) is 7.88. The minimum atomic E-state index is -0.0458. The molecule has 8 nitrogen and oxygen atoms in total. The lowest BCUT2D eigenvalue weighted by molar-refractivity contribution is 0.0458. The van der Waals surface area contributed by atoms with Crippen molar-refractivity contribution >= 4 is 28.6 Å². The van der Waals surface area contributed by atoms with Gasteiger partial charge in [0.2, 0.25) is 5.88 Å². The van der Waals surface area contributed by atoms with Crippen LogP contribution in [-0.4, -0.2) is 56.3 Å². The molecule has 2 aromatic heterocycles. The number of hydrogen-bond acceptors (Lipinski definition) is 6. The summed E-state index contributed by atoms with van der Waals surface area (Å²) in [6.07, 6.45) is 0.913. The Hall–Kier alpha value is -2.81. The molecular formula is C21H23N5O3S. The number of rotatable bonds is 4. The van der Waals surface area contributed by atoms with Crippen LogP contribution >= 0.6 is 11.8 Å². The molecule has 156 valence electrons. The highest BCUT2D eigenvalue weighted by Gasteiger charge is 2.32. The average molecular weight is 426 g/mol. The van der Waals surface area contributed by atoms with E-state index in [2.05, 4.69) is 10.2 Å². The quantitative estimate of drug-likeness (QED) is 0.633. The Balaban J connectivity index is 1.26. The number of likely N-dealkylation sites (tertiary alicyclic amines) is 1. The minimum absolute atomic E-state index is 0.0134. The molecule has 30 heavy (non-hydrogen) atoms. The second kappa shape index (κ2) is 7.46. The maximum absolute atomic E-state index is 12.9. The van der Waals surface area contributed by atoms with E-state index < -0.39 is 0 Å². The second-order valence-corrected chi connectivity index (χ2v) is 8.99. The monoisotopic (exact) mass is 425 g/mol. The number of aryl methyl sites for hydroxylation is 2. The topological polar surface area (TPSA) is 82.2 Å². The summed E-state index contributed by atoms with van der Waals surface area (Å²) in [5, 5.41) is 9.88. The lowest BCUT2D eigenvalue weighted by Gasteiger charge is -2.39. The Kier molecular flexibility index (Phi) is 4.77. The molecule has 0 unspecified atom stereocenters. The molecule has 0 atom stereocenters. The number of benzene rings is 1. The van der Waals surface area contributed by atoms with Gasteiger partial charge >= 0.3 is 0 Å². The third-order valence-corrected chi connectivity index (χ3v) is 6.81. The van der Waals surface area contributed by atoms with Crippen LogP contribution < -0.4 is 10.3 Å². The molecule has 1 aromatic carbocycles. The predicted molar refractivity (Wildman–Crippen MR) is 115 cm³/mol. The fourth-order valence-electron chi connectivity index (χ4n) is 4.21. The summed E-state index contributed by atoms with van der Waals surface area (Å²) in [7, 11) is 3.42. The van der Waals surface area contributed by atoms with Gasteiger partial charge in [-0.15, -0.1) is 0 Å². The van der Waals surface area contributed by atoms with Gasteiger partial charge in [-0.05, 0) is 29.5 Å². The molecule has 2 aliphatic rings. The number of methoxy groups -OCH3 is 1. The number of carbonyl (C=O) groups is 1. The smallest absolute Gasteiger partial charge is 0.267 e. The third kappa shape index (κ3) is 3.27. The van der Waals surface area contributed by atoms with Crippen molar-refractivity contribution in [1.82, 2.24) is 24.5 Å². The fraction of sp³-hybridized carbons (Fsp3) is 0.429. The van der Waals surface area contributed by atoms with Crippen LogP contribution in [0, 0.1) is 5.92 Å². The molecule has 9 heteroatoms. The van der Waals surface area contributed by atoms with Crippen molar-refractivity contribution in [2.75, 3.05) is 26.0 Å². The predicted octanol–water partition coefficient (Wildman–Crippen LogP) is 1.70. The first kappa shape index (κ1) is 19.2. The normalized spacial score (nSPS) is 16.4. The molecule has 0 spiro atoms. The van der Waals surface area contributed by atoms with Crippen LogP contribution in [0.4, 0.5) is 0 Å². The summed E-state index contributed by atoms with van der Waals surface area (Å²) in [5.41, 5.74) is 3.42. The van der Waals surface area contributed by atoms with Gasteiger partial charge in [0, 0.05) is 49.9 Å². The van der Waals surface area contributed by atoms with Crippen LogP contribution in [-0.2, 0) is 25.8 Å². The number of fused-ring (bicyclic) bond motifs is 2. The molecule has 3 aromatic rings. The molecule has 0 bridgehead atoms. The first-order valence-electron chi connectivity index (χ1n) is 10.0. The highest BCUT2D eigenvalue weighted by atomic mass is 32.2. The first-order chi connectivity index (χ1) is 14.5. The molecule has 0 saturated carbocycles. The number of amides is 1. The van der Waals surface area contributed by atoms with Crippen LogP contribution in [0.15, 0.2) is 29.1 Å². The van der Waals surface area contributed by atoms with E-state index in [1.165, 1.54) is 0 Å². The van der Waals surface area contributed by atoms with Crippen molar-refractivity contribution in [3.8, 4) is 5.88 Å². The fourth-order valence-corrected chi connectivity index (χ4v) is 5.17. The van der Waals surface area contributed by atoms with Gasteiger partial charge in [0.1, 0.15) is 0 Å². The highest BCUT2D eigenvalue weighted by molar-refractivity contribution is 7.98. The van der Waals surface area contributed by atoms with Gasteiger partial charge in [0.25, 0.3) is 11.5 Å². The molecular weight excluding hydrogens is 402 g/mol. The largest absolute Gasteiger partial charge is 0.481 e. The van der Waals surface area contributed by atoms with E-state index in [9.17, 15) is 9.59 Å². The lowest BCUT2D eigenvalue weighted by Crippen LogP contribution is -2.52. The van der Waals surface area contributed by atoms with E-state index in [-0.39, 0.29) is 17.4 Å². The van der Waals surface area contributed by atoms with Crippen LogP contribution in [0.3, 0.4) is 0 Å². The Morgan fingerprint density at radius 1 is 1.27 bits per heavy atom. The summed E-state index contributed by atoms with van der Waals surface area (Å²) >= 11 is 1.84. The van der Waals surface area contributed by atoms with Gasteiger partial charge in [-0.25, -0.2) is 9.36 Å². The summed E-state index contributed by atoms with van der Waals surface area (Å²) in [5.74, 6) is 2.83. The Morgan fingerprint density at radius 3 is 2.90 bits per heavy atom. The molecule has 1 saturated heterocycles. The number of hydrogen-bond donors (Lipinski definition) is 0. The van der Waals surface area contributed by atoms with Crippen molar-refractivity contribution in [1.29, 1.82) is 0 Å². The van der Waals surface area contributed by atoms with E-state index in [0.717, 1.165) is 40.1 Å². The van der Waals surface area contributed by atoms with E-state index >= 15 is 0 Å². The molecule has 1 amide bonds. The molecule has 0 radical (unpaired) electrons. The van der Waals surface area contributed by atoms with Crippen LogP contribution in [0.1, 0.15) is 21.6 Å². The minimum Gasteiger partial charge on any atom is -0.481 e. The highest BCUT2D eigenvalue weighted by Crippen LogP contribution is 2.27. The van der Waals surface area contributed by atoms with Crippen LogP contribution in [0.5, 0.6) is 5.88 Å². The molecule has 1 fully saturated rings. The molecule has 5 rings (SSSR count). The van der Waals surface area contributed by atoms with Crippen molar-refractivity contribution in [3.63, 3.8) is 0 Å². The lowest BCUT2D eigenvalue weighted by atomic mass is 9.98. The van der Waals surface area contributed by atoms with Crippen molar-refractivity contribution in [3.05, 3.63) is 51.4 Å². The third-order valence-electron chi connectivity index (χ3n) is 5.80. The summed E-state index contributed by atoms with van der Waals surface area (Å²) in [6, 6.07) is 7.23. The summed E-state index contributed by atoms with van der Waals surface area (Å²) in [4.78, 5) is 27.0. The maximum atomic E-state index is 12.9. The van der Waals surface area contributed by atoms with Gasteiger partial charge < -0.3 is 9.64 Å². The van der Waals surface area contributed by atoms with Crippen LogP contribution in [0.2, 0.25) is 0 Å². The zero-order valence-corrected chi connectivity index (χ0v) is 17.8. The SMILES string of the molecule is COc1c2ccc(C(=O)N3CC(Cn4nc5c(cc4=O)CSCC5)C3)cc2nn1C. The van der Waals surface area contributed by atoms with E-state index in [1.807, 2.05) is 35.8 Å². The maximum Gasteiger partial charge on any atom is 0.267 e. The van der Waals surface area contributed by atoms with E-state index in [4.69, 9.17) is 4.74 Å². The van der Waals surface area contributed by atoms with Crippen molar-refractivity contribution in [2.45, 2.75) is 18.7 Å². The molecule has 2 aliphatic heterocycles. The number of thioether (sulfide) groups is 1. The standard InChI is InChI=1S/C21H23N5O3S/c1-24-21(29-2)16-4-3-14(7-18(16)22-24)20(28)25-9-13(10-25)11-26-19(27)8-15-12-30-6-5-17(15)23-26/h3-4,7-8,13H,5-6,9-12H2,1-2H3. The van der Waals surface area contributed by atoms with Gasteiger partial charge in [-0.1, -0.05) is 0 Å². The number of ether oxygens (including phenoxy) is 1. The van der Waals surface area contributed by atoms with Gasteiger partial charge in [-0.2, -0.15) is 22.0 Å². The molecule has 0 N–H and O–H groups in total. The number of aromatic nitrogens is 4. The van der Waals surface area contributed by atoms with Gasteiger partial charge in [-0.3, -0.25) is 9.59 Å². The Morgan fingerprint density at radius 2 is 2.10 bits per heavy atom. The summed E-state index contributed by atoms with van der Waals surface area (Å²) in [6.45, 7) is 1.81. The average Bonchev–Trinajstić information content (AvgIpc) is 3.04. The zero-order valence-electron chi connectivity index (χ0n) is 17.0. The summed E-state index contributed by atoms with van der Waals surface area (Å²) < 4.78 is 8.61. The Bertz CT molecular complexity index is 1200. The van der Waals surface area contributed by atoms with Gasteiger partial charge in [0.05, 0.1) is 30.3 Å². The van der Waals surface area contributed by atoms with Crippen molar-refractivity contribution in [2.24, 2.45) is 13.0 Å². The first-order valence-corrected chi connectivity index (χ1v) is 11.2. The zero-order chi connectivity index (χ0) is 20.8. The van der Waals surface area contributed by atoms with Crippen molar-refractivity contribution < 1.29 is 9.53 Å². The molecule has 4 heterocycles. The number of nitrogens with zero attached hydrogens (tertiary/aromatic N) is 5. The van der Waals surface area contributed by atoms with E-state index in [1.54, 1.807) is 28.6 Å². The van der Waals surface area contributed by atoms with E-state index in [0.29, 0.717) is 31.1 Å². The Labute approximate surface area is 177 Å².